The number of hydrogen-bond acceptors (Lipinski definition) is 1. The first-order valence-corrected chi connectivity index (χ1v) is 8.55. The predicted octanol–water partition coefficient (Wildman–Crippen LogP) is 5.10. The van der Waals surface area contributed by atoms with Gasteiger partial charge in [-0.15, -0.1) is 0 Å². The van der Waals surface area contributed by atoms with Crippen LogP contribution in [0.25, 0.3) is 0 Å². The lowest BCUT2D eigenvalue weighted by Gasteiger charge is -2.21. The lowest BCUT2D eigenvalue weighted by atomic mass is 9.89. The van der Waals surface area contributed by atoms with Crippen molar-refractivity contribution in [3.05, 3.63) is 68.6 Å². The Kier molecular flexibility index (Phi) is 4.59. The van der Waals surface area contributed by atoms with Crippen molar-refractivity contribution in [2.45, 2.75) is 18.9 Å². The van der Waals surface area contributed by atoms with Gasteiger partial charge in [0.25, 0.3) is 0 Å². The fourth-order valence-corrected chi connectivity index (χ4v) is 3.99. The van der Waals surface area contributed by atoms with Gasteiger partial charge in [0.1, 0.15) is 0 Å². The third-order valence-electron chi connectivity index (χ3n) is 4.03. The molecule has 2 aromatic carbocycles. The molecule has 1 aliphatic rings. The second-order valence-corrected chi connectivity index (χ2v) is 7.01. The van der Waals surface area contributed by atoms with Gasteiger partial charge in [-0.25, -0.2) is 0 Å². The zero-order valence-electron chi connectivity index (χ0n) is 11.2. The monoisotopic (exact) mass is 393 g/mol. The zero-order chi connectivity index (χ0) is 13.9. The third kappa shape index (κ3) is 3.00. The van der Waals surface area contributed by atoms with E-state index in [0.29, 0.717) is 12.0 Å². The summed E-state index contributed by atoms with van der Waals surface area (Å²) in [5.74, 6) is 0.646. The molecule has 1 aliphatic heterocycles. The molecule has 1 nitrogen and oxygen atoms in total. The van der Waals surface area contributed by atoms with E-state index < -0.39 is 0 Å². The van der Waals surface area contributed by atoms with Crippen molar-refractivity contribution >= 4 is 31.9 Å². The Morgan fingerprint density at radius 1 is 0.950 bits per heavy atom. The minimum absolute atomic E-state index is 0.442. The largest absolute Gasteiger partial charge is 0.310 e. The van der Waals surface area contributed by atoms with Crippen molar-refractivity contribution in [1.82, 2.24) is 5.32 Å². The van der Waals surface area contributed by atoms with E-state index >= 15 is 0 Å². The molecule has 1 saturated heterocycles. The molecule has 0 aromatic heterocycles. The van der Waals surface area contributed by atoms with Gasteiger partial charge in [-0.05, 0) is 48.6 Å². The van der Waals surface area contributed by atoms with Gasteiger partial charge in [-0.1, -0.05) is 68.3 Å². The molecule has 0 radical (unpaired) electrons. The summed E-state index contributed by atoms with van der Waals surface area (Å²) in [6.07, 6.45) is 2.34. The van der Waals surface area contributed by atoms with Crippen molar-refractivity contribution < 1.29 is 0 Å². The van der Waals surface area contributed by atoms with Gasteiger partial charge < -0.3 is 5.32 Å². The first-order chi connectivity index (χ1) is 9.75. The molecule has 1 fully saturated rings. The highest BCUT2D eigenvalue weighted by molar-refractivity contribution is 9.10. The fourth-order valence-electron chi connectivity index (χ4n) is 3.02. The molecule has 0 aliphatic carbocycles. The van der Waals surface area contributed by atoms with Crippen LogP contribution in [0.1, 0.15) is 23.6 Å². The molecule has 3 heteroatoms. The van der Waals surface area contributed by atoms with E-state index in [1.54, 1.807) is 0 Å². The average molecular weight is 395 g/mol. The SMILES string of the molecule is Brc1ccccc1CC1CCNC1c1ccccc1Br. The summed E-state index contributed by atoms with van der Waals surface area (Å²) in [5, 5.41) is 3.66. The highest BCUT2D eigenvalue weighted by atomic mass is 79.9. The van der Waals surface area contributed by atoms with Crippen LogP contribution in [0.3, 0.4) is 0 Å². The van der Waals surface area contributed by atoms with Crippen molar-refractivity contribution in [1.29, 1.82) is 0 Å². The van der Waals surface area contributed by atoms with Crippen molar-refractivity contribution in [2.24, 2.45) is 5.92 Å². The molecule has 0 saturated carbocycles. The molecule has 20 heavy (non-hydrogen) atoms. The van der Waals surface area contributed by atoms with Gasteiger partial charge in [0.05, 0.1) is 0 Å². The van der Waals surface area contributed by atoms with Crippen LogP contribution in [0.2, 0.25) is 0 Å². The van der Waals surface area contributed by atoms with E-state index in [4.69, 9.17) is 0 Å². The first kappa shape index (κ1) is 14.3. The van der Waals surface area contributed by atoms with E-state index in [2.05, 4.69) is 85.7 Å². The van der Waals surface area contributed by atoms with Crippen LogP contribution in [0.4, 0.5) is 0 Å². The Balaban J connectivity index is 1.83. The maximum Gasteiger partial charge on any atom is 0.0363 e. The summed E-state index contributed by atoms with van der Waals surface area (Å²) in [6, 6.07) is 17.5. The second-order valence-electron chi connectivity index (χ2n) is 5.30. The molecule has 0 spiro atoms. The highest BCUT2D eigenvalue weighted by Gasteiger charge is 2.29. The Bertz CT molecular complexity index is 597. The quantitative estimate of drug-likeness (QED) is 0.762. The summed E-state index contributed by atoms with van der Waals surface area (Å²) >= 11 is 7.35. The Hall–Kier alpha value is -0.640. The zero-order valence-corrected chi connectivity index (χ0v) is 14.3. The first-order valence-electron chi connectivity index (χ1n) is 6.97. The molecular formula is C17H17Br2N. The highest BCUT2D eigenvalue weighted by Crippen LogP contribution is 2.36. The molecular weight excluding hydrogens is 378 g/mol. The molecule has 0 amide bonds. The number of halogens is 2. The number of benzene rings is 2. The van der Waals surface area contributed by atoms with E-state index in [0.717, 1.165) is 13.0 Å². The summed E-state index contributed by atoms with van der Waals surface area (Å²) in [5.41, 5.74) is 2.78. The van der Waals surface area contributed by atoms with E-state index in [-0.39, 0.29) is 0 Å². The van der Waals surface area contributed by atoms with Crippen LogP contribution >= 0.6 is 31.9 Å². The Labute approximate surface area is 137 Å². The molecule has 3 rings (SSSR count). The lowest BCUT2D eigenvalue weighted by molar-refractivity contribution is 0.458. The third-order valence-corrected chi connectivity index (χ3v) is 5.53. The average Bonchev–Trinajstić information content (AvgIpc) is 2.90. The van der Waals surface area contributed by atoms with Gasteiger partial charge >= 0.3 is 0 Å². The maximum atomic E-state index is 3.68. The van der Waals surface area contributed by atoms with E-state index in [1.165, 1.54) is 26.5 Å². The van der Waals surface area contributed by atoms with Gasteiger partial charge in [-0.2, -0.15) is 0 Å². The van der Waals surface area contributed by atoms with Crippen molar-refractivity contribution in [2.75, 3.05) is 6.54 Å². The summed E-state index contributed by atoms with van der Waals surface area (Å²) < 4.78 is 2.43. The summed E-state index contributed by atoms with van der Waals surface area (Å²) in [7, 11) is 0. The van der Waals surface area contributed by atoms with Crippen LogP contribution in [0, 0.1) is 5.92 Å². The van der Waals surface area contributed by atoms with E-state index in [9.17, 15) is 0 Å². The van der Waals surface area contributed by atoms with Crippen molar-refractivity contribution in [3.63, 3.8) is 0 Å². The van der Waals surface area contributed by atoms with Crippen LogP contribution in [0.15, 0.2) is 57.5 Å². The van der Waals surface area contributed by atoms with E-state index in [1.807, 2.05) is 0 Å². The summed E-state index contributed by atoms with van der Waals surface area (Å²) in [6.45, 7) is 1.10. The molecule has 0 bridgehead atoms. The Morgan fingerprint density at radius 3 is 2.40 bits per heavy atom. The minimum atomic E-state index is 0.442. The fraction of sp³-hybridized carbons (Fsp3) is 0.294. The molecule has 2 unspecified atom stereocenters. The molecule has 104 valence electrons. The second kappa shape index (κ2) is 6.42. The molecule has 2 atom stereocenters. The number of nitrogens with one attached hydrogen (secondary N) is 1. The van der Waals surface area contributed by atoms with Gasteiger partial charge in [0.2, 0.25) is 0 Å². The number of rotatable bonds is 3. The lowest BCUT2D eigenvalue weighted by Crippen LogP contribution is -2.19. The van der Waals surface area contributed by atoms with Gasteiger partial charge in [0.15, 0.2) is 0 Å². The minimum Gasteiger partial charge on any atom is -0.310 e. The standard InChI is InChI=1S/C17H17Br2N/c18-15-7-3-1-5-12(15)11-13-9-10-20-17(13)14-6-2-4-8-16(14)19/h1-8,13,17,20H,9-11H2. The smallest absolute Gasteiger partial charge is 0.0363 e. The maximum absolute atomic E-state index is 3.68. The molecule has 2 aromatic rings. The summed E-state index contributed by atoms with van der Waals surface area (Å²) in [4.78, 5) is 0. The predicted molar refractivity (Wildman–Crippen MR) is 90.8 cm³/mol. The van der Waals surface area contributed by atoms with Gasteiger partial charge in [-0.3, -0.25) is 0 Å². The molecule has 1 N–H and O–H groups in total. The van der Waals surface area contributed by atoms with Gasteiger partial charge in [0, 0.05) is 15.0 Å². The Morgan fingerprint density at radius 2 is 1.65 bits per heavy atom. The van der Waals surface area contributed by atoms with Crippen molar-refractivity contribution in [3.8, 4) is 0 Å². The van der Waals surface area contributed by atoms with Crippen LogP contribution < -0.4 is 5.32 Å². The van der Waals surface area contributed by atoms with Crippen LogP contribution in [-0.2, 0) is 6.42 Å². The van der Waals surface area contributed by atoms with Crippen LogP contribution in [-0.4, -0.2) is 6.54 Å². The molecule has 1 heterocycles. The number of hydrogen-bond donors (Lipinski definition) is 1. The normalized spacial score (nSPS) is 22.1. The topological polar surface area (TPSA) is 12.0 Å². The van der Waals surface area contributed by atoms with Crippen LogP contribution in [0.5, 0.6) is 0 Å².